The molecule has 0 unspecified atom stereocenters. The summed E-state index contributed by atoms with van der Waals surface area (Å²) < 4.78 is 1.94. The average Bonchev–Trinajstić information content (AvgIpc) is 2.91. The molecule has 0 amide bonds. The Labute approximate surface area is 148 Å². The summed E-state index contributed by atoms with van der Waals surface area (Å²) in [4.78, 5) is 26.3. The number of carbonyl (C=O) groups excluding carboxylic acids is 2. The SMILES string of the molecule is Cc1sc(Br)cc1C(=O)CCCC(=O)c1cc(Br)sc1C. The van der Waals surface area contributed by atoms with E-state index in [1.165, 1.54) is 0 Å². The monoisotopic (exact) mass is 448 g/mol. The lowest BCUT2D eigenvalue weighted by Gasteiger charge is -2.01. The minimum absolute atomic E-state index is 0.116. The number of aryl methyl sites for hydroxylation is 2. The van der Waals surface area contributed by atoms with E-state index in [0.717, 1.165) is 28.5 Å². The van der Waals surface area contributed by atoms with E-state index in [0.29, 0.717) is 19.3 Å². The number of hydrogen-bond acceptors (Lipinski definition) is 4. The summed E-state index contributed by atoms with van der Waals surface area (Å²) in [6, 6.07) is 3.73. The molecule has 2 rings (SSSR count). The van der Waals surface area contributed by atoms with Crippen molar-refractivity contribution in [2.75, 3.05) is 0 Å². The maximum atomic E-state index is 12.1. The molecule has 0 N–H and O–H groups in total. The third kappa shape index (κ3) is 4.34. The lowest BCUT2D eigenvalue weighted by molar-refractivity contribution is 0.0957. The van der Waals surface area contributed by atoms with Gasteiger partial charge in [0.25, 0.3) is 0 Å². The van der Waals surface area contributed by atoms with Gasteiger partial charge in [0, 0.05) is 33.7 Å². The molecule has 0 aliphatic carbocycles. The molecule has 6 heteroatoms. The fraction of sp³-hybridized carbons (Fsp3) is 0.333. The minimum Gasteiger partial charge on any atom is -0.294 e. The predicted molar refractivity (Wildman–Crippen MR) is 96.0 cm³/mol. The van der Waals surface area contributed by atoms with Crippen LogP contribution in [-0.4, -0.2) is 11.6 Å². The number of rotatable bonds is 6. The average molecular weight is 450 g/mol. The molecule has 2 aromatic rings. The van der Waals surface area contributed by atoms with Crippen LogP contribution in [0.1, 0.15) is 49.7 Å². The molecule has 0 atom stereocenters. The summed E-state index contributed by atoms with van der Waals surface area (Å²) in [5.41, 5.74) is 1.54. The van der Waals surface area contributed by atoms with Crippen LogP contribution in [0.4, 0.5) is 0 Å². The second-order valence-electron chi connectivity index (χ2n) is 4.74. The predicted octanol–water partition coefficient (Wildman–Crippen LogP) is 6.19. The highest BCUT2D eigenvalue weighted by atomic mass is 79.9. The lowest BCUT2D eigenvalue weighted by atomic mass is 10.0. The molecular weight excluding hydrogens is 436 g/mol. The highest BCUT2D eigenvalue weighted by Crippen LogP contribution is 2.29. The Kier molecular flexibility index (Phi) is 5.94. The maximum absolute atomic E-state index is 12.1. The fourth-order valence-corrected chi connectivity index (χ4v) is 5.54. The molecule has 2 heterocycles. The minimum atomic E-state index is 0.116. The van der Waals surface area contributed by atoms with Gasteiger partial charge in [-0.15, -0.1) is 22.7 Å². The van der Waals surface area contributed by atoms with Crippen molar-refractivity contribution in [3.8, 4) is 0 Å². The lowest BCUT2D eigenvalue weighted by Crippen LogP contribution is -2.03. The van der Waals surface area contributed by atoms with Gasteiger partial charge in [-0.3, -0.25) is 9.59 Å². The number of hydrogen-bond donors (Lipinski definition) is 0. The van der Waals surface area contributed by atoms with Gasteiger partial charge in [0.1, 0.15) is 0 Å². The summed E-state index contributed by atoms with van der Waals surface area (Å²) in [5.74, 6) is 0.232. The zero-order valence-corrected chi connectivity index (χ0v) is 16.5. The van der Waals surface area contributed by atoms with Gasteiger partial charge in [0.05, 0.1) is 7.57 Å². The fourth-order valence-electron chi connectivity index (χ4n) is 2.12. The van der Waals surface area contributed by atoms with Crippen LogP contribution in [-0.2, 0) is 0 Å². The summed E-state index contributed by atoms with van der Waals surface area (Å²) in [7, 11) is 0. The largest absolute Gasteiger partial charge is 0.294 e. The molecule has 112 valence electrons. The van der Waals surface area contributed by atoms with Crippen molar-refractivity contribution < 1.29 is 9.59 Å². The summed E-state index contributed by atoms with van der Waals surface area (Å²) in [6.07, 6.45) is 1.43. The van der Waals surface area contributed by atoms with Crippen LogP contribution < -0.4 is 0 Å². The normalized spacial score (nSPS) is 10.9. The van der Waals surface area contributed by atoms with Crippen molar-refractivity contribution in [1.29, 1.82) is 0 Å². The number of thiophene rings is 2. The summed E-state index contributed by atoms with van der Waals surface area (Å²) in [6.45, 7) is 3.89. The second-order valence-corrected chi connectivity index (χ2v) is 10.0. The molecule has 0 radical (unpaired) electrons. The molecular formula is C15H14Br2O2S2. The molecule has 0 saturated carbocycles. The van der Waals surface area contributed by atoms with Crippen molar-refractivity contribution in [3.05, 3.63) is 40.6 Å². The Morgan fingerprint density at radius 1 is 0.905 bits per heavy atom. The Bertz CT molecular complexity index is 628. The van der Waals surface area contributed by atoms with Crippen molar-refractivity contribution in [1.82, 2.24) is 0 Å². The van der Waals surface area contributed by atoms with Gasteiger partial charge in [0.2, 0.25) is 0 Å². The van der Waals surface area contributed by atoms with Gasteiger partial charge in [-0.2, -0.15) is 0 Å². The maximum Gasteiger partial charge on any atom is 0.164 e. The zero-order chi connectivity index (χ0) is 15.6. The molecule has 0 saturated heterocycles. The number of Topliss-reactive ketones (excluding diaryl/α,β-unsaturated/α-hetero) is 2. The number of halogens is 2. The smallest absolute Gasteiger partial charge is 0.164 e. The Balaban J connectivity index is 1.90. The van der Waals surface area contributed by atoms with Gasteiger partial charge in [-0.05, 0) is 64.3 Å². The molecule has 2 aromatic heterocycles. The first-order valence-corrected chi connectivity index (χ1v) is 9.68. The van der Waals surface area contributed by atoms with Crippen LogP contribution in [0.2, 0.25) is 0 Å². The third-order valence-corrected chi connectivity index (χ3v) is 6.29. The molecule has 0 aliphatic rings. The highest BCUT2D eigenvalue weighted by Gasteiger charge is 2.15. The topological polar surface area (TPSA) is 34.1 Å². The van der Waals surface area contributed by atoms with Crippen LogP contribution in [0, 0.1) is 13.8 Å². The van der Waals surface area contributed by atoms with Crippen LogP contribution in [0.3, 0.4) is 0 Å². The first-order chi connectivity index (χ1) is 9.88. The van der Waals surface area contributed by atoms with Crippen LogP contribution in [0.5, 0.6) is 0 Å². The number of carbonyl (C=O) groups is 2. The molecule has 0 spiro atoms. The van der Waals surface area contributed by atoms with Gasteiger partial charge in [-0.25, -0.2) is 0 Å². The van der Waals surface area contributed by atoms with E-state index >= 15 is 0 Å². The van der Waals surface area contributed by atoms with Crippen LogP contribution in [0.15, 0.2) is 19.7 Å². The van der Waals surface area contributed by atoms with Crippen molar-refractivity contribution in [3.63, 3.8) is 0 Å². The van der Waals surface area contributed by atoms with E-state index < -0.39 is 0 Å². The van der Waals surface area contributed by atoms with Crippen molar-refractivity contribution >= 4 is 66.1 Å². The Morgan fingerprint density at radius 3 is 1.57 bits per heavy atom. The molecule has 21 heavy (non-hydrogen) atoms. The van der Waals surface area contributed by atoms with Gasteiger partial charge in [-0.1, -0.05) is 0 Å². The van der Waals surface area contributed by atoms with Crippen molar-refractivity contribution in [2.24, 2.45) is 0 Å². The quantitative estimate of drug-likeness (QED) is 0.492. The number of ketones is 2. The van der Waals surface area contributed by atoms with Gasteiger partial charge in [0.15, 0.2) is 11.6 Å². The van der Waals surface area contributed by atoms with Crippen LogP contribution in [0.25, 0.3) is 0 Å². The zero-order valence-electron chi connectivity index (χ0n) is 11.7. The van der Waals surface area contributed by atoms with E-state index in [1.54, 1.807) is 22.7 Å². The van der Waals surface area contributed by atoms with E-state index in [2.05, 4.69) is 31.9 Å². The second kappa shape index (κ2) is 7.31. The molecule has 0 fully saturated rings. The van der Waals surface area contributed by atoms with Gasteiger partial charge < -0.3 is 0 Å². The van der Waals surface area contributed by atoms with E-state index in [4.69, 9.17) is 0 Å². The first kappa shape index (κ1) is 17.1. The molecule has 2 nitrogen and oxygen atoms in total. The van der Waals surface area contributed by atoms with E-state index in [-0.39, 0.29) is 11.6 Å². The van der Waals surface area contributed by atoms with Gasteiger partial charge >= 0.3 is 0 Å². The van der Waals surface area contributed by atoms with E-state index in [1.807, 2.05) is 26.0 Å². The summed E-state index contributed by atoms with van der Waals surface area (Å²) in [5, 5.41) is 0. The molecule has 0 aliphatic heterocycles. The summed E-state index contributed by atoms with van der Waals surface area (Å²) >= 11 is 9.91. The Morgan fingerprint density at radius 2 is 1.29 bits per heavy atom. The Hall–Kier alpha value is -0.300. The van der Waals surface area contributed by atoms with Crippen molar-refractivity contribution in [2.45, 2.75) is 33.1 Å². The first-order valence-electron chi connectivity index (χ1n) is 6.46. The molecule has 0 aromatic carbocycles. The van der Waals surface area contributed by atoms with E-state index in [9.17, 15) is 9.59 Å². The standard InChI is InChI=1S/C15H14Br2O2S2/c1-8-10(6-14(16)20-8)12(18)4-3-5-13(19)11-7-15(17)21-9(11)2/h6-7H,3-5H2,1-2H3. The third-order valence-electron chi connectivity index (χ3n) is 3.18. The molecule has 0 bridgehead atoms. The highest BCUT2D eigenvalue weighted by molar-refractivity contribution is 9.11. The van der Waals surface area contributed by atoms with Crippen LogP contribution >= 0.6 is 54.5 Å².